The topological polar surface area (TPSA) is 84.9 Å². The quantitative estimate of drug-likeness (QED) is 0.712. The van der Waals surface area contributed by atoms with Gasteiger partial charge in [0, 0.05) is 37.7 Å². The summed E-state index contributed by atoms with van der Waals surface area (Å²) in [6.45, 7) is 4.79. The second-order valence-electron chi connectivity index (χ2n) is 8.71. The van der Waals surface area contributed by atoms with E-state index < -0.39 is 5.60 Å². The Bertz CT molecular complexity index is 896. The van der Waals surface area contributed by atoms with E-state index in [0.717, 1.165) is 12.8 Å². The highest BCUT2D eigenvalue weighted by atomic mass is 35.5. The number of hydrogen-bond acceptors (Lipinski definition) is 5. The Kier molecular flexibility index (Phi) is 7.26. The van der Waals surface area contributed by atoms with Crippen LogP contribution >= 0.6 is 11.6 Å². The third-order valence-corrected chi connectivity index (χ3v) is 5.81. The smallest absolute Gasteiger partial charge is 0.289 e. The summed E-state index contributed by atoms with van der Waals surface area (Å²) in [7, 11) is 1.54. The second kappa shape index (κ2) is 9.73. The molecule has 1 aromatic rings. The van der Waals surface area contributed by atoms with Gasteiger partial charge in [0.05, 0.1) is 12.1 Å². The minimum atomic E-state index is -0.672. The maximum absolute atomic E-state index is 12.9. The third-order valence-electron chi connectivity index (χ3n) is 5.51. The van der Waals surface area contributed by atoms with Crippen LogP contribution in [0.1, 0.15) is 46.0 Å². The summed E-state index contributed by atoms with van der Waals surface area (Å²) in [5.41, 5.74) is -0.0565. The second-order valence-corrected chi connectivity index (χ2v) is 9.12. The molecular weight excluding hydrogens is 420 g/mol. The zero-order valence-electron chi connectivity index (χ0n) is 18.2. The monoisotopic (exact) mass is 448 g/mol. The molecule has 0 saturated carbocycles. The van der Waals surface area contributed by atoms with E-state index in [4.69, 9.17) is 21.1 Å². The van der Waals surface area contributed by atoms with Gasteiger partial charge in [0.2, 0.25) is 5.91 Å². The first-order valence-electron chi connectivity index (χ1n) is 10.5. The summed E-state index contributed by atoms with van der Waals surface area (Å²) in [5.74, 6) is 0.447. The number of nitrogens with zero attached hydrogens (tertiary/aromatic N) is 1. The lowest BCUT2D eigenvalue weighted by Crippen LogP contribution is -2.44. The fourth-order valence-corrected chi connectivity index (χ4v) is 4.29. The maximum atomic E-state index is 12.9. The number of ketones is 1. The van der Waals surface area contributed by atoms with Crippen LogP contribution in [-0.4, -0.2) is 48.3 Å². The summed E-state index contributed by atoms with van der Waals surface area (Å²) in [5, 5.41) is 3.28. The Morgan fingerprint density at radius 3 is 2.81 bits per heavy atom. The van der Waals surface area contributed by atoms with E-state index in [-0.39, 0.29) is 35.7 Å². The Labute approximate surface area is 187 Å². The fourth-order valence-electron chi connectivity index (χ4n) is 4.03. The van der Waals surface area contributed by atoms with Crippen molar-refractivity contribution in [1.29, 1.82) is 0 Å². The molecule has 2 amide bonds. The number of amides is 2. The molecule has 2 aliphatic rings. The first kappa shape index (κ1) is 23.1. The van der Waals surface area contributed by atoms with Crippen LogP contribution in [0.3, 0.4) is 0 Å². The molecule has 31 heavy (non-hydrogen) atoms. The predicted octanol–water partition coefficient (Wildman–Crippen LogP) is 3.96. The standard InChI is InChI=1S/C23H29ClN2O5/c1-23(2)13-17(27)12-20(31-23)22(29)26-10-4-5-15(14-26)6-9-21(28)25-16-7-8-19(30-3)18(24)11-16/h7-8,11-12,15H,4-6,9-10,13-14H2,1-3H3,(H,25,28). The highest BCUT2D eigenvalue weighted by Crippen LogP contribution is 2.29. The van der Waals surface area contributed by atoms with E-state index in [2.05, 4.69) is 5.32 Å². The number of allylic oxidation sites excluding steroid dienone is 1. The molecule has 7 nitrogen and oxygen atoms in total. The van der Waals surface area contributed by atoms with Crippen molar-refractivity contribution >= 4 is 34.9 Å². The number of carbonyl (C=O) groups excluding carboxylic acids is 3. The van der Waals surface area contributed by atoms with Crippen molar-refractivity contribution in [3.8, 4) is 5.75 Å². The Hall–Kier alpha value is -2.54. The van der Waals surface area contributed by atoms with Gasteiger partial charge >= 0.3 is 0 Å². The molecule has 1 atom stereocenters. The minimum Gasteiger partial charge on any atom is -0.495 e. The van der Waals surface area contributed by atoms with Gasteiger partial charge in [-0.05, 0) is 57.2 Å². The van der Waals surface area contributed by atoms with Crippen LogP contribution in [0.15, 0.2) is 30.0 Å². The molecule has 2 aliphatic heterocycles. The number of methoxy groups -OCH3 is 1. The molecule has 1 aromatic carbocycles. The molecule has 168 valence electrons. The lowest BCUT2D eigenvalue weighted by molar-refractivity contribution is -0.139. The first-order valence-corrected chi connectivity index (χ1v) is 10.9. The molecule has 1 saturated heterocycles. The van der Waals surface area contributed by atoms with Crippen LogP contribution in [0.2, 0.25) is 5.02 Å². The molecule has 0 aliphatic carbocycles. The van der Waals surface area contributed by atoms with Crippen molar-refractivity contribution in [3.05, 3.63) is 35.1 Å². The van der Waals surface area contributed by atoms with E-state index in [1.807, 2.05) is 0 Å². The number of benzene rings is 1. The van der Waals surface area contributed by atoms with E-state index in [0.29, 0.717) is 42.4 Å². The van der Waals surface area contributed by atoms with Gasteiger partial charge in [-0.2, -0.15) is 0 Å². The Morgan fingerprint density at radius 2 is 2.13 bits per heavy atom. The number of rotatable bonds is 6. The molecule has 2 heterocycles. The number of halogens is 1. The highest BCUT2D eigenvalue weighted by Gasteiger charge is 2.35. The van der Waals surface area contributed by atoms with E-state index in [1.54, 1.807) is 36.9 Å². The Balaban J connectivity index is 1.51. The third kappa shape index (κ3) is 6.23. The van der Waals surface area contributed by atoms with Crippen molar-refractivity contribution in [2.75, 3.05) is 25.5 Å². The largest absolute Gasteiger partial charge is 0.495 e. The van der Waals surface area contributed by atoms with Crippen LogP contribution in [0.25, 0.3) is 0 Å². The zero-order chi connectivity index (χ0) is 22.6. The summed E-state index contributed by atoms with van der Waals surface area (Å²) in [6.07, 6.45) is 4.41. The normalized spacial score (nSPS) is 20.5. The van der Waals surface area contributed by atoms with Gasteiger partial charge in [0.1, 0.15) is 11.4 Å². The number of carbonyl (C=O) groups is 3. The summed E-state index contributed by atoms with van der Waals surface area (Å²) >= 11 is 6.10. The molecule has 1 N–H and O–H groups in total. The number of piperidine rings is 1. The van der Waals surface area contributed by atoms with Crippen LogP contribution in [0.4, 0.5) is 5.69 Å². The van der Waals surface area contributed by atoms with E-state index in [9.17, 15) is 14.4 Å². The van der Waals surface area contributed by atoms with Crippen LogP contribution in [0.5, 0.6) is 5.75 Å². The molecule has 3 rings (SSSR count). The van der Waals surface area contributed by atoms with E-state index >= 15 is 0 Å². The molecule has 8 heteroatoms. The lowest BCUT2D eigenvalue weighted by atomic mass is 9.92. The maximum Gasteiger partial charge on any atom is 0.289 e. The lowest BCUT2D eigenvalue weighted by Gasteiger charge is -2.36. The average Bonchev–Trinajstić information content (AvgIpc) is 2.70. The van der Waals surface area contributed by atoms with Gasteiger partial charge in [-0.25, -0.2) is 0 Å². The van der Waals surface area contributed by atoms with Gasteiger partial charge in [0.25, 0.3) is 5.91 Å². The van der Waals surface area contributed by atoms with Gasteiger partial charge in [-0.15, -0.1) is 0 Å². The molecule has 0 bridgehead atoms. The number of nitrogens with one attached hydrogen (secondary N) is 1. The first-order chi connectivity index (χ1) is 14.7. The van der Waals surface area contributed by atoms with Crippen LogP contribution < -0.4 is 10.1 Å². The number of likely N-dealkylation sites (tertiary alicyclic amines) is 1. The Morgan fingerprint density at radius 1 is 1.35 bits per heavy atom. The summed E-state index contributed by atoms with van der Waals surface area (Å²) in [4.78, 5) is 38.9. The molecule has 0 aromatic heterocycles. The molecule has 1 fully saturated rings. The van der Waals surface area contributed by atoms with Crippen LogP contribution in [0, 0.1) is 5.92 Å². The number of ether oxygens (including phenoxy) is 2. The van der Waals surface area contributed by atoms with Crippen molar-refractivity contribution in [2.24, 2.45) is 5.92 Å². The summed E-state index contributed by atoms with van der Waals surface area (Å²) < 4.78 is 10.9. The van der Waals surface area contributed by atoms with Crippen molar-refractivity contribution in [1.82, 2.24) is 4.90 Å². The number of anilines is 1. The molecule has 0 spiro atoms. The van der Waals surface area contributed by atoms with Crippen molar-refractivity contribution in [2.45, 2.75) is 51.6 Å². The van der Waals surface area contributed by atoms with Crippen molar-refractivity contribution < 1.29 is 23.9 Å². The molecule has 0 radical (unpaired) electrons. The summed E-state index contributed by atoms with van der Waals surface area (Å²) in [6, 6.07) is 5.10. The molecule has 1 unspecified atom stereocenters. The SMILES string of the molecule is COc1ccc(NC(=O)CCC2CCCN(C(=O)C3=CC(=O)CC(C)(C)O3)C2)cc1Cl. The zero-order valence-corrected chi connectivity index (χ0v) is 19.0. The van der Waals surface area contributed by atoms with Gasteiger partial charge in [0.15, 0.2) is 11.5 Å². The van der Waals surface area contributed by atoms with Crippen molar-refractivity contribution in [3.63, 3.8) is 0 Å². The van der Waals surface area contributed by atoms with Gasteiger partial charge in [-0.1, -0.05) is 11.6 Å². The fraction of sp³-hybridized carbons (Fsp3) is 0.522. The number of hydrogen-bond donors (Lipinski definition) is 1. The molecular formula is C23H29ClN2O5. The van der Waals surface area contributed by atoms with Gasteiger partial charge < -0.3 is 19.7 Å². The van der Waals surface area contributed by atoms with Crippen LogP contribution in [-0.2, 0) is 19.1 Å². The predicted molar refractivity (Wildman–Crippen MR) is 118 cm³/mol. The highest BCUT2D eigenvalue weighted by molar-refractivity contribution is 6.32. The van der Waals surface area contributed by atoms with Gasteiger partial charge in [-0.3, -0.25) is 14.4 Å². The average molecular weight is 449 g/mol. The van der Waals surface area contributed by atoms with E-state index in [1.165, 1.54) is 13.2 Å². The minimum absolute atomic E-state index is 0.0940.